The lowest BCUT2D eigenvalue weighted by molar-refractivity contribution is -0.120. The molecule has 2 atom stereocenters. The molecular weight excluding hydrogens is 532 g/mol. The minimum atomic E-state index is -2.94. The van der Waals surface area contributed by atoms with Crippen molar-refractivity contribution in [3.05, 3.63) is 58.0 Å². The standard InChI is InChI=1S/C26H27F2N5O5S/c1-13-29-22(32-38-13)15-7-5-14(6-8-15)9-16-10-17(23(35)30-18-11-26(18,27)28)21-19(20(16)34)33(12-39-21)31-24(36)37-25(2,3)4/h5-8,10,16,18H,9,11-12H2,1-4H3,(H,30,35)(H,31,36). The fourth-order valence-electron chi connectivity index (χ4n) is 4.26. The van der Waals surface area contributed by atoms with Gasteiger partial charge in [-0.15, -0.1) is 0 Å². The normalized spacial score (nSPS) is 21.8. The van der Waals surface area contributed by atoms with Gasteiger partial charge in [0, 0.05) is 24.8 Å². The molecule has 206 valence electrons. The highest BCUT2D eigenvalue weighted by Crippen LogP contribution is 2.44. The van der Waals surface area contributed by atoms with Gasteiger partial charge in [-0.2, -0.15) is 4.98 Å². The highest BCUT2D eigenvalue weighted by Gasteiger charge is 2.58. The molecule has 1 aliphatic heterocycles. The quantitative estimate of drug-likeness (QED) is 0.542. The van der Waals surface area contributed by atoms with Crippen LogP contribution in [0.15, 0.2) is 51.0 Å². The van der Waals surface area contributed by atoms with Crippen LogP contribution in [0.25, 0.3) is 11.4 Å². The number of hydrogen-bond donors (Lipinski definition) is 2. The Labute approximate surface area is 227 Å². The summed E-state index contributed by atoms with van der Waals surface area (Å²) >= 11 is 1.17. The summed E-state index contributed by atoms with van der Waals surface area (Å²) in [5.74, 6) is -3.69. The van der Waals surface area contributed by atoms with E-state index < -0.39 is 41.9 Å². The zero-order valence-electron chi connectivity index (χ0n) is 21.7. The largest absolute Gasteiger partial charge is 0.443 e. The number of ketones is 1. The summed E-state index contributed by atoms with van der Waals surface area (Å²) in [4.78, 5) is 43.7. The predicted molar refractivity (Wildman–Crippen MR) is 137 cm³/mol. The van der Waals surface area contributed by atoms with Gasteiger partial charge in [0.15, 0.2) is 5.78 Å². The molecule has 2 aromatic rings. The first-order chi connectivity index (χ1) is 18.3. The van der Waals surface area contributed by atoms with Gasteiger partial charge in [0.1, 0.15) is 11.3 Å². The van der Waals surface area contributed by atoms with Crippen LogP contribution in [0, 0.1) is 12.8 Å². The van der Waals surface area contributed by atoms with Crippen molar-refractivity contribution in [3.63, 3.8) is 0 Å². The molecule has 2 amide bonds. The summed E-state index contributed by atoms with van der Waals surface area (Å²) < 4.78 is 37.4. The number of hydrogen-bond acceptors (Lipinski definition) is 9. The lowest BCUT2D eigenvalue weighted by Crippen LogP contribution is -2.45. The molecule has 0 radical (unpaired) electrons. The summed E-state index contributed by atoms with van der Waals surface area (Å²) in [6.07, 6.45) is 0.582. The van der Waals surface area contributed by atoms with Gasteiger partial charge in [-0.3, -0.25) is 14.6 Å². The van der Waals surface area contributed by atoms with Crippen LogP contribution in [-0.2, 0) is 20.7 Å². The Morgan fingerprint density at radius 3 is 2.54 bits per heavy atom. The number of nitrogens with zero attached hydrogens (tertiary/aromatic N) is 3. The number of amides is 2. The molecule has 2 aliphatic carbocycles. The number of aryl methyl sites for hydroxylation is 1. The third kappa shape index (κ3) is 5.82. The second-order valence-corrected chi connectivity index (χ2v) is 11.5. The molecule has 0 spiro atoms. The molecule has 3 aliphatic rings. The average Bonchev–Trinajstić information content (AvgIpc) is 3.17. The van der Waals surface area contributed by atoms with E-state index in [2.05, 4.69) is 20.9 Å². The summed E-state index contributed by atoms with van der Waals surface area (Å²) in [6.45, 7) is 6.82. The Kier molecular flexibility index (Phi) is 6.73. The van der Waals surface area contributed by atoms with Gasteiger partial charge in [-0.1, -0.05) is 47.3 Å². The van der Waals surface area contributed by atoms with Gasteiger partial charge in [-0.05, 0) is 32.8 Å². The van der Waals surface area contributed by atoms with Crippen LogP contribution < -0.4 is 10.7 Å². The number of rotatable bonds is 6. The monoisotopic (exact) mass is 559 g/mol. The number of thioether (sulfide) groups is 1. The first-order valence-corrected chi connectivity index (χ1v) is 13.3. The van der Waals surface area contributed by atoms with Crippen molar-refractivity contribution in [1.29, 1.82) is 0 Å². The van der Waals surface area contributed by atoms with Crippen molar-refractivity contribution in [3.8, 4) is 11.4 Å². The Morgan fingerprint density at radius 2 is 1.95 bits per heavy atom. The van der Waals surface area contributed by atoms with E-state index in [4.69, 9.17) is 9.26 Å². The Hall–Kier alpha value is -3.74. The van der Waals surface area contributed by atoms with Gasteiger partial charge in [0.2, 0.25) is 11.7 Å². The number of ether oxygens (including phenoxy) is 1. The summed E-state index contributed by atoms with van der Waals surface area (Å²) in [5, 5.41) is 7.61. The molecule has 0 saturated heterocycles. The van der Waals surface area contributed by atoms with Gasteiger partial charge in [-0.25, -0.2) is 19.0 Å². The number of allylic oxidation sites excluding steroid dienone is 2. The van der Waals surface area contributed by atoms with Crippen molar-refractivity contribution in [2.45, 2.75) is 58.1 Å². The predicted octanol–water partition coefficient (Wildman–Crippen LogP) is 3.89. The Morgan fingerprint density at radius 1 is 1.26 bits per heavy atom. The van der Waals surface area contributed by atoms with Gasteiger partial charge < -0.3 is 14.6 Å². The maximum absolute atomic E-state index is 13.7. The van der Waals surface area contributed by atoms with Crippen LogP contribution in [0.4, 0.5) is 13.6 Å². The zero-order valence-corrected chi connectivity index (χ0v) is 22.5. The van der Waals surface area contributed by atoms with Crippen molar-refractivity contribution in [1.82, 2.24) is 25.9 Å². The number of nitrogens with one attached hydrogen (secondary N) is 2. The second kappa shape index (κ2) is 9.78. The van der Waals surface area contributed by atoms with E-state index >= 15 is 0 Å². The van der Waals surface area contributed by atoms with E-state index in [1.807, 2.05) is 12.1 Å². The smallest absolute Gasteiger partial charge is 0.426 e. The molecule has 1 aromatic carbocycles. The molecule has 39 heavy (non-hydrogen) atoms. The van der Waals surface area contributed by atoms with Crippen LogP contribution in [0.2, 0.25) is 0 Å². The molecule has 2 unspecified atom stereocenters. The molecule has 1 saturated carbocycles. The molecule has 2 N–H and O–H groups in total. The summed E-state index contributed by atoms with van der Waals surface area (Å²) in [5.41, 5.74) is 3.60. The number of hydrazine groups is 1. The second-order valence-electron chi connectivity index (χ2n) is 10.6. The topological polar surface area (TPSA) is 127 Å². The fourth-order valence-corrected chi connectivity index (χ4v) is 5.37. The SMILES string of the molecule is Cc1nc(-c2ccc(CC3C=C(C(=O)NC4CC4(F)F)C4=C(C3=O)N(NC(=O)OC(C)(C)C)CS4)cc2)no1. The van der Waals surface area contributed by atoms with E-state index in [1.54, 1.807) is 39.8 Å². The lowest BCUT2D eigenvalue weighted by Gasteiger charge is -2.28. The summed E-state index contributed by atoms with van der Waals surface area (Å²) in [6, 6.07) is 5.99. The first kappa shape index (κ1) is 26.9. The molecule has 13 heteroatoms. The lowest BCUT2D eigenvalue weighted by atomic mass is 9.86. The zero-order chi connectivity index (χ0) is 28.1. The molecular formula is C26H27F2N5O5S. The van der Waals surface area contributed by atoms with E-state index in [9.17, 15) is 23.2 Å². The van der Waals surface area contributed by atoms with Gasteiger partial charge >= 0.3 is 6.09 Å². The molecule has 2 heterocycles. The van der Waals surface area contributed by atoms with E-state index in [0.29, 0.717) is 16.6 Å². The number of carbonyl (C=O) groups is 3. The van der Waals surface area contributed by atoms with E-state index in [-0.39, 0.29) is 29.4 Å². The summed E-state index contributed by atoms with van der Waals surface area (Å²) in [7, 11) is 0. The maximum Gasteiger partial charge on any atom is 0.426 e. The minimum Gasteiger partial charge on any atom is -0.443 e. The van der Waals surface area contributed by atoms with Crippen LogP contribution >= 0.6 is 11.8 Å². The van der Waals surface area contributed by atoms with Crippen LogP contribution in [0.1, 0.15) is 38.6 Å². The van der Waals surface area contributed by atoms with Gasteiger partial charge in [0.25, 0.3) is 11.8 Å². The van der Waals surface area contributed by atoms with Crippen LogP contribution in [0.5, 0.6) is 0 Å². The number of benzene rings is 1. The van der Waals surface area contributed by atoms with Crippen molar-refractivity contribution < 1.29 is 32.4 Å². The molecule has 10 nitrogen and oxygen atoms in total. The highest BCUT2D eigenvalue weighted by atomic mass is 32.2. The molecule has 0 bridgehead atoms. The average molecular weight is 560 g/mol. The third-order valence-corrected chi connectivity index (χ3v) is 7.29. The number of halogens is 2. The molecule has 5 rings (SSSR count). The maximum atomic E-state index is 13.7. The highest BCUT2D eigenvalue weighted by molar-refractivity contribution is 8.03. The first-order valence-electron chi connectivity index (χ1n) is 12.3. The van der Waals surface area contributed by atoms with Crippen LogP contribution in [-0.4, -0.2) is 56.4 Å². The fraction of sp³-hybridized carbons (Fsp3) is 0.423. The minimum absolute atomic E-state index is 0.130. The molecule has 1 fully saturated rings. The number of Topliss-reactive ketones (excluding diaryl/α,β-unsaturated/α-hetero) is 1. The number of carbonyl (C=O) groups excluding carboxylic acids is 3. The van der Waals surface area contributed by atoms with Crippen molar-refractivity contribution >= 4 is 29.5 Å². The van der Waals surface area contributed by atoms with Crippen molar-refractivity contribution in [2.24, 2.45) is 5.92 Å². The number of aromatic nitrogens is 2. The van der Waals surface area contributed by atoms with E-state index in [0.717, 1.165) is 11.1 Å². The molecule has 1 aromatic heterocycles. The van der Waals surface area contributed by atoms with Crippen molar-refractivity contribution in [2.75, 3.05) is 5.88 Å². The Balaban J connectivity index is 1.40. The van der Waals surface area contributed by atoms with Gasteiger partial charge in [0.05, 0.1) is 22.4 Å². The Bertz CT molecular complexity index is 1400. The van der Waals surface area contributed by atoms with Crippen LogP contribution in [0.3, 0.4) is 0 Å². The third-order valence-electron chi connectivity index (χ3n) is 6.20. The number of alkyl halides is 2. The van der Waals surface area contributed by atoms with E-state index in [1.165, 1.54) is 22.8 Å².